The second kappa shape index (κ2) is 14.2. The molecule has 0 fully saturated rings. The van der Waals surface area contributed by atoms with E-state index in [0.717, 1.165) is 72.9 Å². The maximum atomic E-state index is 7.07. The van der Waals surface area contributed by atoms with E-state index < -0.39 is 0 Å². The molecule has 0 saturated carbocycles. The van der Waals surface area contributed by atoms with Crippen molar-refractivity contribution in [2.45, 2.75) is 6.42 Å². The van der Waals surface area contributed by atoms with Gasteiger partial charge in [-0.3, -0.25) is 0 Å². The summed E-state index contributed by atoms with van der Waals surface area (Å²) in [6.45, 7) is 0.512. The lowest BCUT2D eigenvalue weighted by Crippen LogP contribution is -2.07. The summed E-state index contributed by atoms with van der Waals surface area (Å²) in [5.74, 6) is 2.54. The zero-order chi connectivity index (χ0) is 42.6. The molecule has 0 aliphatic carbocycles. The minimum atomic E-state index is 0.512. The number of nitrogens with zero attached hydrogens (tertiary/aromatic N) is 4. The van der Waals surface area contributed by atoms with Gasteiger partial charge in [0.05, 0.1) is 28.9 Å². The van der Waals surface area contributed by atoms with E-state index in [0.29, 0.717) is 24.1 Å². The second-order valence-corrected chi connectivity index (χ2v) is 18.1. The lowest BCUT2D eigenvalue weighted by Gasteiger charge is -2.20. The summed E-state index contributed by atoms with van der Waals surface area (Å²) in [6.07, 6.45) is 0.783. The van der Waals surface area contributed by atoms with Crippen LogP contribution in [0.3, 0.4) is 0 Å². The van der Waals surface area contributed by atoms with Gasteiger partial charge in [-0.05, 0) is 92.0 Å². The average Bonchev–Trinajstić information content (AvgIpc) is 3.84. The zero-order valence-corrected chi connectivity index (χ0v) is 35.8. The van der Waals surface area contributed by atoms with Crippen LogP contribution in [0.2, 0.25) is 0 Å². The SMILES string of the molecule is c1ccc2c(c1)CCOc1c-2ccc(-n2c3cc4ccccc4cc3c3c4ccccc4ccc32)c1-c1nc(-c2ccc3ccccc3c2)nc(-c2cccc3sc4ccccc4c23)n1. The van der Waals surface area contributed by atoms with Crippen LogP contribution in [0.15, 0.2) is 194 Å². The fourth-order valence-electron chi connectivity index (χ4n) is 10.4. The summed E-state index contributed by atoms with van der Waals surface area (Å²) in [5, 5.41) is 11.8. The van der Waals surface area contributed by atoms with Crippen molar-refractivity contribution in [2.24, 2.45) is 0 Å². The highest BCUT2D eigenvalue weighted by Crippen LogP contribution is 2.48. The predicted molar refractivity (Wildman–Crippen MR) is 271 cm³/mol. The molecule has 65 heavy (non-hydrogen) atoms. The Hall–Kier alpha value is -8.19. The maximum Gasteiger partial charge on any atom is 0.169 e. The predicted octanol–water partition coefficient (Wildman–Crippen LogP) is 15.4. The molecule has 0 N–H and O–H groups in total. The lowest BCUT2D eigenvalue weighted by molar-refractivity contribution is 0.327. The first-order chi connectivity index (χ1) is 32.2. The summed E-state index contributed by atoms with van der Waals surface area (Å²) in [5.41, 5.74) is 9.28. The van der Waals surface area contributed by atoms with Crippen LogP contribution in [0.5, 0.6) is 5.75 Å². The first-order valence-electron chi connectivity index (χ1n) is 22.1. The Kier molecular flexibility index (Phi) is 7.91. The molecule has 0 bridgehead atoms. The Morgan fingerprint density at radius 2 is 1.11 bits per heavy atom. The summed E-state index contributed by atoms with van der Waals surface area (Å²) in [7, 11) is 0. The monoisotopic (exact) mass is 848 g/mol. The van der Waals surface area contributed by atoms with Gasteiger partial charge < -0.3 is 9.30 Å². The van der Waals surface area contributed by atoms with Crippen molar-refractivity contribution < 1.29 is 4.74 Å². The van der Waals surface area contributed by atoms with E-state index >= 15 is 0 Å². The molecule has 304 valence electrons. The Balaban J connectivity index is 1.14. The molecule has 0 saturated heterocycles. The summed E-state index contributed by atoms with van der Waals surface area (Å²) >= 11 is 1.80. The van der Waals surface area contributed by atoms with Gasteiger partial charge in [0.15, 0.2) is 17.5 Å². The van der Waals surface area contributed by atoms with Crippen molar-refractivity contribution in [3.8, 4) is 56.7 Å². The van der Waals surface area contributed by atoms with Crippen LogP contribution in [-0.2, 0) is 6.42 Å². The molecule has 0 spiro atoms. The quantitative estimate of drug-likeness (QED) is 0.177. The first-order valence-corrected chi connectivity index (χ1v) is 22.9. The largest absolute Gasteiger partial charge is 0.492 e. The van der Waals surface area contributed by atoms with Gasteiger partial charge in [-0.1, -0.05) is 146 Å². The van der Waals surface area contributed by atoms with Crippen LogP contribution in [0, 0.1) is 0 Å². The molecule has 0 unspecified atom stereocenters. The van der Waals surface area contributed by atoms with E-state index in [1.165, 1.54) is 52.7 Å². The van der Waals surface area contributed by atoms with E-state index in [-0.39, 0.29) is 0 Å². The average molecular weight is 849 g/mol. The third-order valence-electron chi connectivity index (χ3n) is 13.3. The highest BCUT2D eigenvalue weighted by atomic mass is 32.1. The minimum absolute atomic E-state index is 0.512. The number of thiophene rings is 1. The normalized spacial score (nSPS) is 12.6. The molecule has 1 aliphatic heterocycles. The van der Waals surface area contributed by atoms with Crippen molar-refractivity contribution in [1.29, 1.82) is 0 Å². The van der Waals surface area contributed by atoms with Gasteiger partial charge in [0.2, 0.25) is 0 Å². The van der Waals surface area contributed by atoms with Crippen molar-refractivity contribution in [3.63, 3.8) is 0 Å². The van der Waals surface area contributed by atoms with Crippen molar-refractivity contribution >= 4 is 85.6 Å². The van der Waals surface area contributed by atoms with Crippen LogP contribution in [0.4, 0.5) is 0 Å². The number of hydrogen-bond acceptors (Lipinski definition) is 5. The van der Waals surface area contributed by atoms with Crippen LogP contribution >= 0.6 is 11.3 Å². The maximum absolute atomic E-state index is 7.07. The van der Waals surface area contributed by atoms with Crippen LogP contribution < -0.4 is 4.74 Å². The number of fused-ring (bicyclic) bond motifs is 13. The number of ether oxygens (including phenoxy) is 1. The molecule has 1 aliphatic rings. The first kappa shape index (κ1) is 36.3. The Morgan fingerprint density at radius 1 is 0.431 bits per heavy atom. The van der Waals surface area contributed by atoms with Crippen molar-refractivity contribution in [2.75, 3.05) is 6.61 Å². The number of hydrogen-bond donors (Lipinski definition) is 0. The Morgan fingerprint density at radius 3 is 2.00 bits per heavy atom. The molecule has 3 aromatic heterocycles. The molecule has 5 nitrogen and oxygen atoms in total. The molecular formula is C59H36N4OS. The number of aromatic nitrogens is 4. The molecule has 10 aromatic carbocycles. The van der Waals surface area contributed by atoms with Gasteiger partial charge in [-0.25, -0.2) is 15.0 Å². The highest BCUT2D eigenvalue weighted by molar-refractivity contribution is 7.25. The summed E-state index contributed by atoms with van der Waals surface area (Å²) in [4.78, 5) is 16.6. The summed E-state index contributed by atoms with van der Waals surface area (Å²) < 4.78 is 11.9. The van der Waals surface area contributed by atoms with Crippen LogP contribution in [-0.4, -0.2) is 26.1 Å². The Bertz CT molecular complexity index is 4130. The van der Waals surface area contributed by atoms with Gasteiger partial charge in [0, 0.05) is 54.1 Å². The summed E-state index contributed by atoms with van der Waals surface area (Å²) in [6, 6.07) is 69.8. The topological polar surface area (TPSA) is 52.8 Å². The zero-order valence-electron chi connectivity index (χ0n) is 35.0. The van der Waals surface area contributed by atoms with Gasteiger partial charge in [-0.2, -0.15) is 0 Å². The van der Waals surface area contributed by atoms with Gasteiger partial charge in [-0.15, -0.1) is 11.3 Å². The van der Waals surface area contributed by atoms with Gasteiger partial charge in [0.1, 0.15) is 5.75 Å². The van der Waals surface area contributed by atoms with Crippen molar-refractivity contribution in [1.82, 2.24) is 19.5 Å². The molecule has 0 atom stereocenters. The third kappa shape index (κ3) is 5.60. The van der Waals surface area contributed by atoms with E-state index in [4.69, 9.17) is 19.7 Å². The van der Waals surface area contributed by atoms with Crippen LogP contribution in [0.1, 0.15) is 5.56 Å². The molecule has 0 amide bonds. The fourth-order valence-corrected chi connectivity index (χ4v) is 11.5. The fraction of sp³-hybridized carbons (Fsp3) is 0.0339. The Labute approximate surface area is 377 Å². The van der Waals surface area contributed by atoms with E-state index in [9.17, 15) is 0 Å². The lowest BCUT2D eigenvalue weighted by atomic mass is 9.95. The molecule has 13 aromatic rings. The third-order valence-corrected chi connectivity index (χ3v) is 14.5. The number of rotatable bonds is 4. The molecule has 4 heterocycles. The molecule has 6 heteroatoms. The van der Waals surface area contributed by atoms with E-state index in [1.807, 2.05) is 0 Å². The highest BCUT2D eigenvalue weighted by Gasteiger charge is 2.28. The standard InChI is InChI=1S/C59H36N4OS/c1-2-15-38-32-41(25-24-35(38)12-1)57-60-58(46-21-11-23-52-54(46)45-20-9-10-22-51(45)65-52)62-59(61-57)55-49(29-27-44-42-18-7-5-14-37(42)30-31-64-56(44)55)63-48-28-26-36-13-6-8-19-43(36)53(48)47-33-39-16-3-4-17-40(39)34-50(47)63/h1-29,32-34H,30-31H2. The van der Waals surface area contributed by atoms with E-state index in [2.05, 4.69) is 199 Å². The molecular weight excluding hydrogens is 813 g/mol. The molecule has 0 radical (unpaired) electrons. The van der Waals surface area contributed by atoms with E-state index in [1.54, 1.807) is 11.3 Å². The van der Waals surface area contributed by atoms with Crippen LogP contribution in [0.25, 0.3) is 125 Å². The number of benzene rings is 10. The second-order valence-electron chi connectivity index (χ2n) is 17.0. The van der Waals surface area contributed by atoms with Gasteiger partial charge in [0.25, 0.3) is 0 Å². The van der Waals surface area contributed by atoms with Crippen molar-refractivity contribution in [3.05, 3.63) is 200 Å². The van der Waals surface area contributed by atoms with Gasteiger partial charge >= 0.3 is 0 Å². The minimum Gasteiger partial charge on any atom is -0.492 e. The smallest absolute Gasteiger partial charge is 0.169 e. The molecule has 14 rings (SSSR count).